The first-order valence-corrected chi connectivity index (χ1v) is 7.17. The molecule has 16 heavy (non-hydrogen) atoms. The van der Waals surface area contributed by atoms with Crippen molar-refractivity contribution >= 4 is 32.7 Å². The van der Waals surface area contributed by atoms with Crippen LogP contribution in [0.4, 0.5) is 0 Å². The van der Waals surface area contributed by atoms with E-state index in [-0.39, 0.29) is 6.42 Å². The van der Waals surface area contributed by atoms with Gasteiger partial charge < -0.3 is 5.11 Å². The first kappa shape index (κ1) is 13.4. The number of hydrogen-bond acceptors (Lipinski definition) is 2. The summed E-state index contributed by atoms with van der Waals surface area (Å²) >= 11 is 3.33. The molecule has 0 aliphatic rings. The minimum absolute atomic E-state index is 0.0894. The number of rotatable bonds is 6. The van der Waals surface area contributed by atoms with E-state index < -0.39 is 16.8 Å². The largest absolute Gasteiger partial charge is 0.481 e. The number of carboxylic acid groups (broad SMARTS) is 1. The van der Waals surface area contributed by atoms with Gasteiger partial charge in [0.25, 0.3) is 0 Å². The molecule has 1 aromatic carbocycles. The van der Waals surface area contributed by atoms with E-state index in [1.807, 2.05) is 24.3 Å². The number of aliphatic carboxylic acids is 1. The highest BCUT2D eigenvalue weighted by Gasteiger charge is 2.03. The monoisotopic (exact) mass is 304 g/mol. The van der Waals surface area contributed by atoms with Gasteiger partial charge in [-0.2, -0.15) is 0 Å². The Morgan fingerprint density at radius 1 is 1.31 bits per heavy atom. The quantitative estimate of drug-likeness (QED) is 0.879. The number of halogens is 1. The van der Waals surface area contributed by atoms with Crippen molar-refractivity contribution < 1.29 is 14.1 Å². The van der Waals surface area contributed by atoms with Gasteiger partial charge in [-0.25, -0.2) is 0 Å². The molecular weight excluding hydrogens is 292 g/mol. The van der Waals surface area contributed by atoms with Crippen LogP contribution in [0.1, 0.15) is 18.4 Å². The van der Waals surface area contributed by atoms with Crippen LogP contribution in [0.5, 0.6) is 0 Å². The zero-order valence-electron chi connectivity index (χ0n) is 8.69. The highest BCUT2D eigenvalue weighted by molar-refractivity contribution is 9.10. The summed E-state index contributed by atoms with van der Waals surface area (Å²) in [6, 6.07) is 7.64. The molecule has 0 aromatic heterocycles. The van der Waals surface area contributed by atoms with Crippen LogP contribution in [-0.2, 0) is 21.3 Å². The molecule has 1 unspecified atom stereocenters. The molecule has 0 fully saturated rings. The Morgan fingerprint density at radius 3 is 2.50 bits per heavy atom. The van der Waals surface area contributed by atoms with E-state index in [0.717, 1.165) is 10.0 Å². The lowest BCUT2D eigenvalue weighted by Gasteiger charge is -2.01. The summed E-state index contributed by atoms with van der Waals surface area (Å²) in [5, 5.41) is 8.44. The Bertz CT molecular complexity index is 375. The molecule has 1 N–H and O–H groups in total. The number of hydrogen-bond donors (Lipinski definition) is 1. The SMILES string of the molecule is O=C(O)CCCS(=O)Cc1ccc(Br)cc1. The smallest absolute Gasteiger partial charge is 0.303 e. The minimum atomic E-state index is -0.973. The third kappa shape index (κ3) is 5.42. The normalized spacial score (nSPS) is 12.3. The van der Waals surface area contributed by atoms with Crippen molar-refractivity contribution in [3.8, 4) is 0 Å². The van der Waals surface area contributed by atoms with Gasteiger partial charge in [-0.15, -0.1) is 0 Å². The van der Waals surface area contributed by atoms with E-state index in [4.69, 9.17) is 5.11 Å². The lowest BCUT2D eigenvalue weighted by molar-refractivity contribution is -0.137. The van der Waals surface area contributed by atoms with Gasteiger partial charge in [0.1, 0.15) is 0 Å². The van der Waals surface area contributed by atoms with Crippen molar-refractivity contribution in [2.24, 2.45) is 0 Å². The maximum absolute atomic E-state index is 11.6. The molecule has 1 aromatic rings. The van der Waals surface area contributed by atoms with Crippen molar-refractivity contribution in [2.75, 3.05) is 5.75 Å². The van der Waals surface area contributed by atoms with Gasteiger partial charge in [-0.05, 0) is 24.1 Å². The van der Waals surface area contributed by atoms with Crippen LogP contribution in [0.2, 0.25) is 0 Å². The summed E-state index contributed by atoms with van der Waals surface area (Å²) in [7, 11) is -0.973. The summed E-state index contributed by atoms with van der Waals surface area (Å²) < 4.78 is 12.6. The molecule has 0 spiro atoms. The summed E-state index contributed by atoms with van der Waals surface area (Å²) in [6.45, 7) is 0. The van der Waals surface area contributed by atoms with E-state index in [2.05, 4.69) is 15.9 Å². The molecule has 1 rings (SSSR count). The molecule has 88 valence electrons. The first-order valence-electron chi connectivity index (χ1n) is 4.89. The van der Waals surface area contributed by atoms with Gasteiger partial charge >= 0.3 is 5.97 Å². The van der Waals surface area contributed by atoms with Gasteiger partial charge in [0.15, 0.2) is 0 Å². The zero-order valence-corrected chi connectivity index (χ0v) is 11.1. The van der Waals surface area contributed by atoms with Crippen molar-refractivity contribution in [1.29, 1.82) is 0 Å². The van der Waals surface area contributed by atoms with Crippen LogP contribution in [0.25, 0.3) is 0 Å². The molecule has 0 heterocycles. The van der Waals surface area contributed by atoms with Crippen LogP contribution >= 0.6 is 15.9 Å². The second-order valence-corrected chi connectivity index (χ2v) is 5.90. The number of carbonyl (C=O) groups is 1. The van der Waals surface area contributed by atoms with Crippen LogP contribution in [0, 0.1) is 0 Å². The van der Waals surface area contributed by atoms with Crippen molar-refractivity contribution in [3.63, 3.8) is 0 Å². The Labute approximate surface area is 105 Å². The maximum atomic E-state index is 11.6. The van der Waals surface area contributed by atoms with E-state index in [1.165, 1.54) is 0 Å². The summed E-state index contributed by atoms with van der Waals surface area (Å²) in [4.78, 5) is 10.3. The van der Waals surface area contributed by atoms with Crippen LogP contribution in [0.3, 0.4) is 0 Å². The van der Waals surface area contributed by atoms with Crippen molar-refractivity contribution in [1.82, 2.24) is 0 Å². The predicted molar refractivity (Wildman–Crippen MR) is 67.7 cm³/mol. The molecular formula is C11H13BrO3S. The van der Waals surface area contributed by atoms with Gasteiger partial charge in [-0.1, -0.05) is 28.1 Å². The standard InChI is InChI=1S/C11H13BrO3S/c12-10-5-3-9(4-6-10)8-16(15)7-1-2-11(13)14/h3-6H,1-2,7-8H2,(H,13,14). The molecule has 0 aliphatic carbocycles. The Hall–Kier alpha value is -0.680. The van der Waals surface area contributed by atoms with E-state index >= 15 is 0 Å². The van der Waals surface area contributed by atoms with Crippen molar-refractivity contribution in [3.05, 3.63) is 34.3 Å². The van der Waals surface area contributed by atoms with Crippen LogP contribution < -0.4 is 0 Å². The third-order valence-electron chi connectivity index (χ3n) is 2.00. The Morgan fingerprint density at radius 2 is 1.94 bits per heavy atom. The van der Waals surface area contributed by atoms with Gasteiger partial charge in [0.2, 0.25) is 0 Å². The highest BCUT2D eigenvalue weighted by atomic mass is 79.9. The molecule has 0 radical (unpaired) electrons. The Kier molecular flexibility index (Phi) is 5.69. The fourth-order valence-electron chi connectivity index (χ4n) is 1.22. The average Bonchev–Trinajstić information content (AvgIpc) is 2.21. The molecule has 0 saturated carbocycles. The molecule has 0 aliphatic heterocycles. The number of carboxylic acids is 1. The van der Waals surface area contributed by atoms with Gasteiger partial charge in [-0.3, -0.25) is 9.00 Å². The molecule has 3 nitrogen and oxygen atoms in total. The van der Waals surface area contributed by atoms with Crippen molar-refractivity contribution in [2.45, 2.75) is 18.6 Å². The third-order valence-corrected chi connectivity index (χ3v) is 3.93. The second kappa shape index (κ2) is 6.81. The minimum Gasteiger partial charge on any atom is -0.481 e. The van der Waals surface area contributed by atoms with Crippen LogP contribution in [-0.4, -0.2) is 21.0 Å². The fourth-order valence-corrected chi connectivity index (χ4v) is 2.66. The second-order valence-electron chi connectivity index (χ2n) is 3.41. The molecule has 5 heteroatoms. The molecule has 0 amide bonds. The number of benzene rings is 1. The van der Waals surface area contributed by atoms with E-state index in [0.29, 0.717) is 17.9 Å². The summed E-state index contributed by atoms with van der Waals surface area (Å²) in [5.74, 6) is 0.107. The summed E-state index contributed by atoms with van der Waals surface area (Å²) in [5.41, 5.74) is 1.01. The van der Waals surface area contributed by atoms with Gasteiger partial charge in [0, 0.05) is 33.2 Å². The summed E-state index contributed by atoms with van der Waals surface area (Å²) in [6.07, 6.45) is 0.560. The topological polar surface area (TPSA) is 54.4 Å². The van der Waals surface area contributed by atoms with Gasteiger partial charge in [0.05, 0.1) is 0 Å². The fraction of sp³-hybridized carbons (Fsp3) is 0.364. The molecule has 1 atom stereocenters. The van der Waals surface area contributed by atoms with Crippen LogP contribution in [0.15, 0.2) is 28.7 Å². The first-order chi connectivity index (χ1) is 7.58. The lowest BCUT2D eigenvalue weighted by atomic mass is 10.2. The maximum Gasteiger partial charge on any atom is 0.303 e. The molecule has 0 bridgehead atoms. The van der Waals surface area contributed by atoms with E-state index in [9.17, 15) is 9.00 Å². The molecule has 0 saturated heterocycles. The Balaban J connectivity index is 2.34. The zero-order chi connectivity index (χ0) is 12.0. The lowest BCUT2D eigenvalue weighted by Crippen LogP contribution is -2.04. The van der Waals surface area contributed by atoms with E-state index in [1.54, 1.807) is 0 Å². The predicted octanol–water partition coefficient (Wildman–Crippen LogP) is 2.56. The highest BCUT2D eigenvalue weighted by Crippen LogP contribution is 2.12. The average molecular weight is 305 g/mol.